The molecule has 1 unspecified atom stereocenters. The molecular weight excluding hydrogens is 361 g/mol. The maximum Gasteiger partial charge on any atom is 0.191 e. The van der Waals surface area contributed by atoms with Gasteiger partial charge in [0.2, 0.25) is 0 Å². The summed E-state index contributed by atoms with van der Waals surface area (Å²) in [5, 5.41) is 17.8. The molecule has 1 aromatic rings. The third-order valence-electron chi connectivity index (χ3n) is 3.83. The lowest BCUT2D eigenvalue weighted by Gasteiger charge is -2.16. The number of aliphatic imine (C=N–C) groups is 1. The number of hydrogen-bond donors (Lipinski definition) is 3. The Morgan fingerprint density at radius 2 is 2.04 bits per heavy atom. The summed E-state index contributed by atoms with van der Waals surface area (Å²) in [6.07, 6.45) is 3.33. The molecule has 1 aliphatic heterocycles. The van der Waals surface area contributed by atoms with Crippen molar-refractivity contribution in [3.63, 3.8) is 0 Å². The van der Waals surface area contributed by atoms with Gasteiger partial charge in [0.1, 0.15) is 0 Å². The monoisotopic (exact) mass is 385 g/mol. The van der Waals surface area contributed by atoms with Gasteiger partial charge in [-0.15, -0.1) is 0 Å². The maximum absolute atomic E-state index is 10.3. The van der Waals surface area contributed by atoms with E-state index in [9.17, 15) is 5.11 Å². The first-order valence-electron chi connectivity index (χ1n) is 8.50. The van der Waals surface area contributed by atoms with Crippen molar-refractivity contribution in [2.45, 2.75) is 25.9 Å². The van der Waals surface area contributed by atoms with E-state index in [1.54, 1.807) is 18.2 Å². The minimum atomic E-state index is -0.759. The van der Waals surface area contributed by atoms with Crippen LogP contribution in [0.4, 0.5) is 0 Å². The highest BCUT2D eigenvalue weighted by Gasteiger charge is 2.10. The molecule has 2 rings (SSSR count). The molecule has 0 fully saturated rings. The van der Waals surface area contributed by atoms with Crippen LogP contribution in [0.1, 0.15) is 31.4 Å². The summed E-state index contributed by atoms with van der Waals surface area (Å²) in [5.74, 6) is 0.683. The Morgan fingerprint density at radius 1 is 1.28 bits per heavy atom. The van der Waals surface area contributed by atoms with E-state index >= 15 is 0 Å². The lowest BCUT2D eigenvalue weighted by atomic mass is 10.1. The second kappa shape index (κ2) is 10.7. The van der Waals surface area contributed by atoms with Crippen molar-refractivity contribution >= 4 is 29.2 Å². The van der Waals surface area contributed by atoms with E-state index in [0.717, 1.165) is 32.5 Å². The Labute approximate surface area is 159 Å². The molecule has 1 aromatic carbocycles. The van der Waals surface area contributed by atoms with Gasteiger partial charge in [0.05, 0.1) is 25.9 Å². The molecule has 0 saturated heterocycles. The molecule has 1 heterocycles. The molecule has 0 aliphatic carbocycles. The van der Waals surface area contributed by atoms with Crippen LogP contribution in [0.5, 0.6) is 0 Å². The third kappa shape index (κ3) is 7.24. The van der Waals surface area contributed by atoms with E-state index in [4.69, 9.17) is 27.9 Å². The van der Waals surface area contributed by atoms with Gasteiger partial charge in [-0.1, -0.05) is 34.9 Å². The SMILES string of the molecule is CCNC(=NCC(O)c1cc(Cl)cc(Cl)c1)NCCC1=CCOCC1. The number of nitrogens with zero attached hydrogens (tertiary/aromatic N) is 1. The predicted molar refractivity (Wildman–Crippen MR) is 104 cm³/mol. The Balaban J connectivity index is 1.88. The largest absolute Gasteiger partial charge is 0.386 e. The Kier molecular flexibility index (Phi) is 8.55. The number of benzene rings is 1. The molecule has 0 amide bonds. The van der Waals surface area contributed by atoms with Crippen molar-refractivity contribution in [2.75, 3.05) is 32.8 Å². The highest BCUT2D eigenvalue weighted by Crippen LogP contribution is 2.23. The highest BCUT2D eigenvalue weighted by molar-refractivity contribution is 6.34. The fourth-order valence-electron chi connectivity index (χ4n) is 2.53. The molecule has 7 heteroatoms. The first-order chi connectivity index (χ1) is 12.1. The van der Waals surface area contributed by atoms with Crippen LogP contribution in [0.15, 0.2) is 34.8 Å². The van der Waals surface area contributed by atoms with Crippen LogP contribution in [-0.2, 0) is 4.74 Å². The molecule has 138 valence electrons. The van der Waals surface area contributed by atoms with Gasteiger partial charge in [-0.05, 0) is 43.5 Å². The predicted octanol–water partition coefficient (Wildman–Crippen LogP) is 3.32. The number of guanidine groups is 1. The summed E-state index contributed by atoms with van der Waals surface area (Å²) in [6, 6.07) is 5.04. The van der Waals surface area contributed by atoms with Crippen LogP contribution in [-0.4, -0.2) is 43.9 Å². The van der Waals surface area contributed by atoms with Crippen LogP contribution in [0.25, 0.3) is 0 Å². The van der Waals surface area contributed by atoms with E-state index in [-0.39, 0.29) is 6.54 Å². The van der Waals surface area contributed by atoms with Gasteiger partial charge < -0.3 is 20.5 Å². The van der Waals surface area contributed by atoms with E-state index in [2.05, 4.69) is 21.7 Å². The number of rotatable bonds is 7. The summed E-state index contributed by atoms with van der Waals surface area (Å²) in [5.41, 5.74) is 2.06. The average Bonchev–Trinajstić information content (AvgIpc) is 2.59. The van der Waals surface area contributed by atoms with Gasteiger partial charge >= 0.3 is 0 Å². The van der Waals surface area contributed by atoms with Gasteiger partial charge in [-0.3, -0.25) is 4.99 Å². The van der Waals surface area contributed by atoms with Crippen LogP contribution in [0.2, 0.25) is 10.0 Å². The van der Waals surface area contributed by atoms with Gasteiger partial charge in [-0.2, -0.15) is 0 Å². The standard InChI is InChI=1S/C18H25Cl2N3O2/c1-2-21-18(22-6-3-13-4-7-25-8-5-13)23-12-17(24)14-9-15(19)11-16(20)10-14/h4,9-11,17,24H,2-3,5-8,12H2,1H3,(H2,21,22,23). The summed E-state index contributed by atoms with van der Waals surface area (Å²) in [4.78, 5) is 4.45. The summed E-state index contributed by atoms with van der Waals surface area (Å²) in [7, 11) is 0. The fourth-order valence-corrected chi connectivity index (χ4v) is 3.07. The number of hydrogen-bond acceptors (Lipinski definition) is 3. The van der Waals surface area contributed by atoms with Crippen molar-refractivity contribution in [2.24, 2.45) is 4.99 Å². The Morgan fingerprint density at radius 3 is 2.68 bits per heavy atom. The van der Waals surface area contributed by atoms with Gasteiger partial charge in [0.15, 0.2) is 5.96 Å². The van der Waals surface area contributed by atoms with Crippen LogP contribution in [0, 0.1) is 0 Å². The van der Waals surface area contributed by atoms with Crippen LogP contribution >= 0.6 is 23.2 Å². The number of ether oxygens (including phenoxy) is 1. The highest BCUT2D eigenvalue weighted by atomic mass is 35.5. The average molecular weight is 386 g/mol. The minimum Gasteiger partial charge on any atom is -0.386 e. The molecule has 0 aromatic heterocycles. The lowest BCUT2D eigenvalue weighted by Crippen LogP contribution is -2.38. The van der Waals surface area contributed by atoms with E-state index in [1.807, 2.05) is 6.92 Å². The zero-order chi connectivity index (χ0) is 18.1. The second-order valence-corrected chi connectivity index (χ2v) is 6.68. The Bertz CT molecular complexity index is 600. The molecule has 0 spiro atoms. The molecule has 0 saturated carbocycles. The lowest BCUT2D eigenvalue weighted by molar-refractivity contribution is 0.153. The van der Waals surface area contributed by atoms with Gasteiger partial charge in [0.25, 0.3) is 0 Å². The fraction of sp³-hybridized carbons (Fsp3) is 0.500. The molecular formula is C18H25Cl2N3O2. The molecule has 3 N–H and O–H groups in total. The molecule has 1 atom stereocenters. The summed E-state index contributed by atoms with van der Waals surface area (Å²) in [6.45, 7) is 5.28. The number of aliphatic hydroxyl groups excluding tert-OH is 1. The molecule has 5 nitrogen and oxygen atoms in total. The molecule has 0 bridgehead atoms. The molecule has 1 aliphatic rings. The smallest absolute Gasteiger partial charge is 0.191 e. The summed E-state index contributed by atoms with van der Waals surface area (Å²) < 4.78 is 5.31. The van der Waals surface area contributed by atoms with Crippen molar-refractivity contribution < 1.29 is 9.84 Å². The van der Waals surface area contributed by atoms with Crippen molar-refractivity contribution in [3.05, 3.63) is 45.5 Å². The third-order valence-corrected chi connectivity index (χ3v) is 4.27. The Hall–Kier alpha value is -1.27. The summed E-state index contributed by atoms with van der Waals surface area (Å²) >= 11 is 12.0. The maximum atomic E-state index is 10.3. The zero-order valence-electron chi connectivity index (χ0n) is 14.4. The van der Waals surface area contributed by atoms with Gasteiger partial charge in [0, 0.05) is 23.1 Å². The van der Waals surface area contributed by atoms with Crippen molar-refractivity contribution in [1.29, 1.82) is 0 Å². The minimum absolute atomic E-state index is 0.225. The molecule has 25 heavy (non-hydrogen) atoms. The zero-order valence-corrected chi connectivity index (χ0v) is 15.9. The van der Waals surface area contributed by atoms with E-state index < -0.39 is 6.10 Å². The normalized spacial score (nSPS) is 16.3. The van der Waals surface area contributed by atoms with Crippen LogP contribution < -0.4 is 10.6 Å². The van der Waals surface area contributed by atoms with E-state index in [1.165, 1.54) is 5.57 Å². The topological polar surface area (TPSA) is 65.9 Å². The quantitative estimate of drug-likeness (QED) is 0.382. The second-order valence-electron chi connectivity index (χ2n) is 5.80. The van der Waals surface area contributed by atoms with E-state index in [0.29, 0.717) is 28.2 Å². The van der Waals surface area contributed by atoms with Gasteiger partial charge in [-0.25, -0.2) is 0 Å². The number of aliphatic hydroxyl groups is 1. The number of halogens is 2. The van der Waals surface area contributed by atoms with Crippen molar-refractivity contribution in [1.82, 2.24) is 10.6 Å². The number of nitrogens with one attached hydrogen (secondary N) is 2. The van der Waals surface area contributed by atoms with Crippen LogP contribution in [0.3, 0.4) is 0 Å². The first-order valence-corrected chi connectivity index (χ1v) is 9.26. The molecule has 0 radical (unpaired) electrons. The van der Waals surface area contributed by atoms with Crippen molar-refractivity contribution in [3.8, 4) is 0 Å². The first kappa shape index (κ1) is 20.0.